The van der Waals surface area contributed by atoms with Crippen LogP contribution in [-0.4, -0.2) is 5.11 Å². The number of rotatable bonds is 5. The summed E-state index contributed by atoms with van der Waals surface area (Å²) in [7, 11) is -4.07. The minimum absolute atomic E-state index is 0.241. The Labute approximate surface area is 138 Å². The van der Waals surface area contributed by atoms with Gasteiger partial charge in [-0.2, -0.15) is 0 Å². The second-order valence-electron chi connectivity index (χ2n) is 4.94. The number of phenolic OH excluding ortho intramolecular Hbond substituents is 1. The maximum absolute atomic E-state index is 13.6. The van der Waals surface area contributed by atoms with Crippen LogP contribution in [0.15, 0.2) is 78.9 Å². The third-order valence-corrected chi connectivity index (χ3v) is 5.02. The Balaban J connectivity index is 2.06. The van der Waals surface area contributed by atoms with Gasteiger partial charge >= 0.3 is 7.60 Å². The molecule has 24 heavy (non-hydrogen) atoms. The molecular weight excluding hydrogens is 330 g/mol. The molecule has 0 aliphatic rings. The first kappa shape index (κ1) is 16.1. The van der Waals surface area contributed by atoms with Gasteiger partial charge in [0.2, 0.25) is 0 Å². The molecule has 0 heterocycles. The average molecular weight is 344 g/mol. The third kappa shape index (κ3) is 3.58. The van der Waals surface area contributed by atoms with Crippen molar-refractivity contribution in [3.8, 4) is 17.2 Å². The summed E-state index contributed by atoms with van der Waals surface area (Å²) >= 11 is 0. The molecule has 0 aliphatic carbocycles. The Morgan fingerprint density at radius 3 is 1.79 bits per heavy atom. The molecule has 0 spiro atoms. The number of benzene rings is 3. The van der Waals surface area contributed by atoms with E-state index in [0.717, 1.165) is 18.2 Å². The summed E-state index contributed by atoms with van der Waals surface area (Å²) in [5.74, 6) is -0.469. The summed E-state index contributed by atoms with van der Waals surface area (Å²) in [4.78, 5) is 0. The zero-order valence-electron chi connectivity index (χ0n) is 12.5. The molecule has 0 atom stereocenters. The summed E-state index contributed by atoms with van der Waals surface area (Å²) in [6.45, 7) is 0. The number of hydrogen-bond acceptors (Lipinski definition) is 4. The van der Waals surface area contributed by atoms with Crippen LogP contribution in [0.2, 0.25) is 0 Å². The van der Waals surface area contributed by atoms with Gasteiger partial charge in [-0.25, -0.2) is 8.96 Å². The van der Waals surface area contributed by atoms with Gasteiger partial charge in [-0.3, -0.25) is 0 Å². The van der Waals surface area contributed by atoms with E-state index >= 15 is 0 Å². The fourth-order valence-electron chi connectivity index (χ4n) is 2.07. The molecule has 0 saturated carbocycles. The summed E-state index contributed by atoms with van der Waals surface area (Å²) in [6.07, 6.45) is 0. The van der Waals surface area contributed by atoms with Gasteiger partial charge in [0.15, 0.2) is 0 Å². The van der Waals surface area contributed by atoms with E-state index in [4.69, 9.17) is 9.05 Å². The van der Waals surface area contributed by atoms with Gasteiger partial charge in [0, 0.05) is 0 Å². The van der Waals surface area contributed by atoms with Crippen LogP contribution in [0, 0.1) is 5.82 Å². The van der Waals surface area contributed by atoms with Gasteiger partial charge in [0.05, 0.1) is 0 Å². The molecule has 0 unspecified atom stereocenters. The normalized spacial score (nSPS) is 11.0. The quantitative estimate of drug-likeness (QED) is 0.692. The van der Waals surface area contributed by atoms with Crippen molar-refractivity contribution >= 4 is 12.9 Å². The van der Waals surface area contributed by atoms with Crippen molar-refractivity contribution in [2.75, 3.05) is 0 Å². The Bertz CT molecular complexity index is 823. The molecule has 122 valence electrons. The molecule has 0 fully saturated rings. The fourth-order valence-corrected chi connectivity index (χ4v) is 3.74. The highest BCUT2D eigenvalue weighted by Crippen LogP contribution is 2.49. The van der Waals surface area contributed by atoms with Crippen molar-refractivity contribution in [2.24, 2.45) is 0 Å². The van der Waals surface area contributed by atoms with Crippen molar-refractivity contribution in [3.05, 3.63) is 84.7 Å². The van der Waals surface area contributed by atoms with Crippen molar-refractivity contribution in [3.63, 3.8) is 0 Å². The number of hydrogen-bond donors (Lipinski definition) is 1. The Morgan fingerprint density at radius 2 is 1.29 bits per heavy atom. The topological polar surface area (TPSA) is 55.8 Å². The van der Waals surface area contributed by atoms with Crippen LogP contribution in [0.1, 0.15) is 0 Å². The Kier molecular flexibility index (Phi) is 4.54. The van der Waals surface area contributed by atoms with Crippen LogP contribution in [-0.2, 0) is 4.57 Å². The van der Waals surface area contributed by atoms with Crippen molar-refractivity contribution in [2.45, 2.75) is 0 Å². The minimum atomic E-state index is -4.07. The molecule has 3 aromatic rings. The predicted octanol–water partition coefficient (Wildman–Crippen LogP) is 4.51. The SMILES string of the molecule is O=P(Oc1ccccc1)(Oc1ccccc1)c1cc(F)ccc1O. The maximum atomic E-state index is 13.6. The van der Waals surface area contributed by atoms with E-state index in [1.54, 1.807) is 60.7 Å². The van der Waals surface area contributed by atoms with E-state index in [-0.39, 0.29) is 22.6 Å². The highest BCUT2D eigenvalue weighted by atomic mass is 31.2. The van der Waals surface area contributed by atoms with E-state index in [0.29, 0.717) is 0 Å². The largest absolute Gasteiger partial charge is 0.507 e. The van der Waals surface area contributed by atoms with E-state index < -0.39 is 13.4 Å². The van der Waals surface area contributed by atoms with Gasteiger partial charge in [-0.15, -0.1) is 0 Å². The van der Waals surface area contributed by atoms with Crippen LogP contribution in [0.3, 0.4) is 0 Å². The molecule has 0 bridgehead atoms. The fraction of sp³-hybridized carbons (Fsp3) is 0. The number of para-hydroxylation sites is 2. The molecule has 0 radical (unpaired) electrons. The molecule has 0 amide bonds. The third-order valence-electron chi connectivity index (χ3n) is 3.17. The molecule has 0 aliphatic heterocycles. The zero-order chi connectivity index (χ0) is 17.0. The van der Waals surface area contributed by atoms with E-state index in [2.05, 4.69) is 0 Å². The van der Waals surface area contributed by atoms with E-state index in [1.165, 1.54) is 0 Å². The van der Waals surface area contributed by atoms with Gasteiger partial charge < -0.3 is 14.2 Å². The van der Waals surface area contributed by atoms with Crippen molar-refractivity contribution in [1.29, 1.82) is 0 Å². The second-order valence-corrected chi connectivity index (χ2v) is 6.78. The van der Waals surface area contributed by atoms with Crippen LogP contribution in [0.4, 0.5) is 4.39 Å². The highest BCUT2D eigenvalue weighted by Gasteiger charge is 2.35. The van der Waals surface area contributed by atoms with Gasteiger partial charge in [-0.1, -0.05) is 36.4 Å². The second kappa shape index (κ2) is 6.77. The Morgan fingerprint density at radius 1 is 0.792 bits per heavy atom. The molecule has 0 aromatic heterocycles. The summed E-state index contributed by atoms with van der Waals surface area (Å²) in [5, 5.41) is 9.79. The summed E-state index contributed by atoms with van der Waals surface area (Å²) in [5.41, 5.74) is 0. The summed E-state index contributed by atoms with van der Waals surface area (Å²) in [6, 6.07) is 19.9. The van der Waals surface area contributed by atoms with Gasteiger partial charge in [0.1, 0.15) is 28.4 Å². The first-order chi connectivity index (χ1) is 11.6. The maximum Gasteiger partial charge on any atom is 0.466 e. The van der Waals surface area contributed by atoms with E-state index in [1.807, 2.05) is 0 Å². The average Bonchev–Trinajstić information content (AvgIpc) is 2.58. The van der Waals surface area contributed by atoms with Crippen molar-refractivity contribution in [1.82, 2.24) is 0 Å². The molecule has 6 heteroatoms. The molecule has 3 aromatic carbocycles. The van der Waals surface area contributed by atoms with Crippen LogP contribution in [0.25, 0.3) is 0 Å². The lowest BCUT2D eigenvalue weighted by Crippen LogP contribution is -2.16. The molecular formula is C18H14FO4P. The Hall–Kier alpha value is -2.78. The molecule has 1 N–H and O–H groups in total. The van der Waals surface area contributed by atoms with Crippen LogP contribution >= 0.6 is 7.60 Å². The lowest BCUT2D eigenvalue weighted by atomic mass is 10.3. The van der Waals surface area contributed by atoms with Crippen molar-refractivity contribution < 1.29 is 23.1 Å². The number of phenols is 1. The molecule has 0 saturated heterocycles. The van der Waals surface area contributed by atoms with E-state index in [9.17, 15) is 14.1 Å². The van der Waals surface area contributed by atoms with Gasteiger partial charge in [-0.05, 0) is 42.5 Å². The monoisotopic (exact) mass is 344 g/mol. The minimum Gasteiger partial charge on any atom is -0.507 e. The van der Waals surface area contributed by atoms with Crippen LogP contribution < -0.4 is 14.4 Å². The highest BCUT2D eigenvalue weighted by molar-refractivity contribution is 7.63. The number of halogens is 1. The van der Waals surface area contributed by atoms with Gasteiger partial charge in [0.25, 0.3) is 0 Å². The number of aromatic hydroxyl groups is 1. The molecule has 4 nitrogen and oxygen atoms in total. The molecule has 3 rings (SSSR count). The summed E-state index contributed by atoms with van der Waals surface area (Å²) < 4.78 is 38.0. The lowest BCUT2D eigenvalue weighted by Gasteiger charge is -2.21. The lowest BCUT2D eigenvalue weighted by molar-refractivity contribution is 0.396. The first-order valence-corrected chi connectivity index (χ1v) is 8.69. The standard InChI is InChI=1S/C18H14FO4P/c19-14-11-12-17(20)18(13-14)24(21,22-15-7-3-1-4-8-15)23-16-9-5-2-6-10-16/h1-13,20H. The first-order valence-electron chi connectivity index (χ1n) is 7.15. The smallest absolute Gasteiger partial charge is 0.466 e. The van der Waals surface area contributed by atoms with Crippen LogP contribution in [0.5, 0.6) is 17.2 Å². The predicted molar refractivity (Wildman–Crippen MR) is 89.4 cm³/mol. The zero-order valence-corrected chi connectivity index (χ0v) is 13.4.